The summed E-state index contributed by atoms with van der Waals surface area (Å²) >= 11 is 0. The summed E-state index contributed by atoms with van der Waals surface area (Å²) in [6.07, 6.45) is 2.59. The first kappa shape index (κ1) is 27.4. The highest BCUT2D eigenvalue weighted by Crippen LogP contribution is 2.17. The number of aryl methyl sites for hydroxylation is 2. The number of nitrogens with two attached hydrogens (primary N) is 2. The molecule has 2 atom stereocenters. The number of primary amides is 2. The first-order chi connectivity index (χ1) is 14.9. The van der Waals surface area contributed by atoms with E-state index in [1.165, 1.54) is 5.56 Å². The van der Waals surface area contributed by atoms with E-state index in [1.54, 1.807) is 20.8 Å². The number of carbonyl (C=O) groups is 3. The van der Waals surface area contributed by atoms with E-state index in [2.05, 4.69) is 17.4 Å². The fourth-order valence-corrected chi connectivity index (χ4v) is 3.22. The third-order valence-corrected chi connectivity index (χ3v) is 5.02. The molecule has 5 N–H and O–H groups in total. The van der Waals surface area contributed by atoms with Crippen LogP contribution in [0.1, 0.15) is 76.5 Å². The fraction of sp³-hybridized carbons (Fsp3) is 0.625. The van der Waals surface area contributed by atoms with E-state index in [4.69, 9.17) is 20.9 Å². The summed E-state index contributed by atoms with van der Waals surface area (Å²) in [5, 5.41) is 2.80. The van der Waals surface area contributed by atoms with E-state index in [0.717, 1.165) is 30.4 Å². The molecule has 0 aromatic heterocycles. The van der Waals surface area contributed by atoms with Gasteiger partial charge in [-0.1, -0.05) is 18.2 Å². The summed E-state index contributed by atoms with van der Waals surface area (Å²) < 4.78 is 11.4. The molecule has 0 aliphatic heterocycles. The van der Waals surface area contributed by atoms with Crippen LogP contribution in [-0.2, 0) is 32.1 Å². The maximum Gasteiger partial charge on any atom is 0.407 e. The lowest BCUT2D eigenvalue weighted by molar-refractivity contribution is -0.119. The van der Waals surface area contributed by atoms with E-state index in [-0.39, 0.29) is 18.4 Å². The zero-order valence-electron chi connectivity index (χ0n) is 20.0. The Balaban J connectivity index is 2.67. The SMILES string of the molecule is Cc1cc(CCCCC(N)=O)ccc1CO[C@H](C)[C@H](CCC(N)=O)NC(=O)OC(C)(C)C. The van der Waals surface area contributed by atoms with Gasteiger partial charge in [0.1, 0.15) is 5.60 Å². The van der Waals surface area contributed by atoms with E-state index in [9.17, 15) is 14.4 Å². The lowest BCUT2D eigenvalue weighted by Crippen LogP contribution is -2.45. The molecule has 8 nitrogen and oxygen atoms in total. The molecule has 0 aliphatic rings. The van der Waals surface area contributed by atoms with Crippen molar-refractivity contribution in [1.29, 1.82) is 0 Å². The first-order valence-electron chi connectivity index (χ1n) is 11.1. The van der Waals surface area contributed by atoms with Crippen LogP contribution in [0.2, 0.25) is 0 Å². The topological polar surface area (TPSA) is 134 Å². The molecule has 8 heteroatoms. The molecule has 3 amide bonds. The van der Waals surface area contributed by atoms with Crippen molar-refractivity contribution in [2.75, 3.05) is 0 Å². The lowest BCUT2D eigenvalue weighted by atomic mass is 10.0. The summed E-state index contributed by atoms with van der Waals surface area (Å²) in [7, 11) is 0. The van der Waals surface area contributed by atoms with Gasteiger partial charge < -0.3 is 26.3 Å². The van der Waals surface area contributed by atoms with Crippen LogP contribution in [0.4, 0.5) is 4.79 Å². The Morgan fingerprint density at radius 2 is 1.72 bits per heavy atom. The standard InChI is InChI=1S/C24H39N3O5/c1-16-14-18(8-6-7-9-21(25)28)10-11-19(16)15-31-17(2)20(12-13-22(26)29)27-23(30)32-24(3,4)5/h10-11,14,17,20H,6-9,12-13,15H2,1-5H3,(H2,25,28)(H2,26,29)(H,27,30)/t17-,20+/m1/s1. The Morgan fingerprint density at radius 3 is 2.28 bits per heavy atom. The van der Waals surface area contributed by atoms with Gasteiger partial charge in [-0.05, 0) is 77.0 Å². The number of amides is 3. The minimum Gasteiger partial charge on any atom is -0.444 e. The molecule has 1 aromatic rings. The van der Waals surface area contributed by atoms with Gasteiger partial charge in [-0.2, -0.15) is 0 Å². The van der Waals surface area contributed by atoms with Crippen LogP contribution in [-0.4, -0.2) is 35.7 Å². The second kappa shape index (κ2) is 13.1. The summed E-state index contributed by atoms with van der Waals surface area (Å²) in [5.74, 6) is -0.700. The van der Waals surface area contributed by atoms with Crippen LogP contribution in [0.25, 0.3) is 0 Å². The van der Waals surface area contributed by atoms with Crippen molar-refractivity contribution < 1.29 is 23.9 Å². The van der Waals surface area contributed by atoms with Crippen molar-refractivity contribution in [2.45, 2.75) is 97.5 Å². The molecule has 0 fully saturated rings. The second-order valence-electron chi connectivity index (χ2n) is 9.21. The number of nitrogens with one attached hydrogen (secondary N) is 1. The van der Waals surface area contributed by atoms with Gasteiger partial charge >= 0.3 is 6.09 Å². The normalized spacial score (nSPS) is 13.3. The van der Waals surface area contributed by atoms with Crippen molar-refractivity contribution in [3.8, 4) is 0 Å². The number of unbranched alkanes of at least 4 members (excludes halogenated alkanes) is 1. The molecule has 0 saturated carbocycles. The number of alkyl carbamates (subject to hydrolysis) is 1. The molecule has 0 unspecified atom stereocenters. The van der Waals surface area contributed by atoms with Gasteiger partial charge in [-0.15, -0.1) is 0 Å². The summed E-state index contributed by atoms with van der Waals surface area (Å²) in [5.41, 5.74) is 13.2. The van der Waals surface area contributed by atoms with Gasteiger partial charge in [-0.3, -0.25) is 9.59 Å². The highest BCUT2D eigenvalue weighted by atomic mass is 16.6. The van der Waals surface area contributed by atoms with Crippen molar-refractivity contribution in [1.82, 2.24) is 5.32 Å². The predicted octanol–water partition coefficient (Wildman–Crippen LogP) is 3.26. The van der Waals surface area contributed by atoms with Gasteiger partial charge in [-0.25, -0.2) is 4.79 Å². The van der Waals surface area contributed by atoms with Gasteiger partial charge in [0.05, 0.1) is 18.8 Å². The number of hydrogen-bond donors (Lipinski definition) is 3. The minimum absolute atomic E-state index is 0.137. The molecule has 0 radical (unpaired) electrons. The molecular weight excluding hydrogens is 410 g/mol. The highest BCUT2D eigenvalue weighted by Gasteiger charge is 2.24. The average Bonchev–Trinajstić information content (AvgIpc) is 2.65. The van der Waals surface area contributed by atoms with Crippen molar-refractivity contribution in [2.24, 2.45) is 11.5 Å². The summed E-state index contributed by atoms with van der Waals surface area (Å²) in [6, 6.07) is 5.80. The average molecular weight is 450 g/mol. The highest BCUT2D eigenvalue weighted by molar-refractivity contribution is 5.74. The number of rotatable bonds is 13. The molecule has 0 bridgehead atoms. The number of benzene rings is 1. The zero-order valence-corrected chi connectivity index (χ0v) is 20.0. The van der Waals surface area contributed by atoms with Crippen LogP contribution < -0.4 is 16.8 Å². The molecule has 1 aromatic carbocycles. The largest absolute Gasteiger partial charge is 0.444 e. The number of ether oxygens (including phenoxy) is 2. The van der Waals surface area contributed by atoms with Crippen molar-refractivity contribution in [3.05, 3.63) is 34.9 Å². The van der Waals surface area contributed by atoms with Crippen molar-refractivity contribution >= 4 is 17.9 Å². The Labute approximate surface area is 191 Å². The summed E-state index contributed by atoms with van der Waals surface area (Å²) in [4.78, 5) is 34.3. The van der Waals surface area contributed by atoms with Crippen LogP contribution in [0, 0.1) is 6.92 Å². The molecular formula is C24H39N3O5. The van der Waals surface area contributed by atoms with Gasteiger partial charge in [0, 0.05) is 12.8 Å². The van der Waals surface area contributed by atoms with E-state index in [0.29, 0.717) is 19.4 Å². The van der Waals surface area contributed by atoms with Crippen LogP contribution >= 0.6 is 0 Å². The predicted molar refractivity (Wildman–Crippen MR) is 124 cm³/mol. The maximum absolute atomic E-state index is 12.2. The summed E-state index contributed by atoms with van der Waals surface area (Å²) in [6.45, 7) is 9.61. The van der Waals surface area contributed by atoms with Crippen LogP contribution in [0.5, 0.6) is 0 Å². The van der Waals surface area contributed by atoms with Crippen LogP contribution in [0.3, 0.4) is 0 Å². The van der Waals surface area contributed by atoms with Crippen molar-refractivity contribution in [3.63, 3.8) is 0 Å². The molecule has 1 rings (SSSR count). The van der Waals surface area contributed by atoms with Gasteiger partial charge in [0.15, 0.2) is 0 Å². The number of carbonyl (C=O) groups excluding carboxylic acids is 3. The molecule has 0 spiro atoms. The molecule has 0 heterocycles. The van der Waals surface area contributed by atoms with E-state index >= 15 is 0 Å². The first-order valence-corrected chi connectivity index (χ1v) is 11.1. The van der Waals surface area contributed by atoms with Gasteiger partial charge in [0.25, 0.3) is 0 Å². The lowest BCUT2D eigenvalue weighted by Gasteiger charge is -2.27. The third-order valence-electron chi connectivity index (χ3n) is 5.02. The van der Waals surface area contributed by atoms with E-state index < -0.39 is 23.6 Å². The Kier molecular flexibility index (Phi) is 11.2. The zero-order chi connectivity index (χ0) is 24.3. The fourth-order valence-electron chi connectivity index (χ4n) is 3.22. The smallest absolute Gasteiger partial charge is 0.407 e. The number of hydrogen-bond acceptors (Lipinski definition) is 5. The second-order valence-corrected chi connectivity index (χ2v) is 9.21. The maximum atomic E-state index is 12.2. The molecule has 0 saturated heterocycles. The van der Waals surface area contributed by atoms with E-state index in [1.807, 2.05) is 19.9 Å². The Morgan fingerprint density at radius 1 is 1.06 bits per heavy atom. The van der Waals surface area contributed by atoms with Gasteiger partial charge in [0.2, 0.25) is 11.8 Å². The monoisotopic (exact) mass is 449 g/mol. The Bertz CT molecular complexity index is 773. The quantitative estimate of drug-likeness (QED) is 0.397. The molecule has 0 aliphatic carbocycles. The minimum atomic E-state index is -0.624. The molecule has 180 valence electrons. The Hall–Kier alpha value is -2.61. The third kappa shape index (κ3) is 11.7. The molecule has 32 heavy (non-hydrogen) atoms. The van der Waals surface area contributed by atoms with Crippen LogP contribution in [0.15, 0.2) is 18.2 Å².